The Kier molecular flexibility index (Phi) is 5.43. The molecule has 1 aromatic heterocycles. The van der Waals surface area contributed by atoms with Crippen molar-refractivity contribution in [1.82, 2.24) is 10.2 Å². The molecule has 1 aliphatic heterocycles. The first-order valence-electron chi connectivity index (χ1n) is 8.04. The van der Waals surface area contributed by atoms with Crippen molar-refractivity contribution < 1.29 is 18.7 Å². The Morgan fingerprint density at radius 3 is 2.60 bits per heavy atom. The maximum Gasteiger partial charge on any atom is 0.257 e. The molecular weight excluding hydrogens is 388 g/mol. The Labute approximate surface area is 154 Å². The van der Waals surface area contributed by atoms with Crippen molar-refractivity contribution in [3.8, 4) is 5.75 Å². The van der Waals surface area contributed by atoms with E-state index in [2.05, 4.69) is 21.2 Å². The van der Waals surface area contributed by atoms with Gasteiger partial charge in [-0.15, -0.1) is 0 Å². The molecule has 7 heteroatoms. The van der Waals surface area contributed by atoms with E-state index in [0.717, 1.165) is 17.3 Å². The number of carbonyl (C=O) groups excluding carboxylic acids is 2. The molecule has 2 amide bonds. The summed E-state index contributed by atoms with van der Waals surface area (Å²) in [4.78, 5) is 26.5. The van der Waals surface area contributed by atoms with Gasteiger partial charge >= 0.3 is 0 Å². The van der Waals surface area contributed by atoms with Crippen LogP contribution in [0.3, 0.4) is 0 Å². The molecule has 25 heavy (non-hydrogen) atoms. The van der Waals surface area contributed by atoms with Gasteiger partial charge in [-0.3, -0.25) is 9.59 Å². The maximum atomic E-state index is 12.4. The molecule has 1 N–H and O–H groups in total. The maximum absolute atomic E-state index is 12.4. The summed E-state index contributed by atoms with van der Waals surface area (Å²) >= 11 is 3.39. The number of carbonyl (C=O) groups is 2. The normalized spacial score (nSPS) is 15.0. The lowest BCUT2D eigenvalue weighted by Gasteiger charge is -2.32. The third kappa shape index (κ3) is 4.04. The second-order valence-electron chi connectivity index (χ2n) is 5.90. The van der Waals surface area contributed by atoms with Crippen LogP contribution < -0.4 is 10.1 Å². The van der Waals surface area contributed by atoms with E-state index in [4.69, 9.17) is 9.15 Å². The zero-order chi connectivity index (χ0) is 17.8. The van der Waals surface area contributed by atoms with Gasteiger partial charge in [-0.1, -0.05) is 0 Å². The molecule has 0 spiro atoms. The van der Waals surface area contributed by atoms with E-state index in [1.165, 1.54) is 12.5 Å². The Morgan fingerprint density at radius 2 is 2.00 bits per heavy atom. The molecule has 0 aliphatic carbocycles. The molecule has 1 aromatic carbocycles. The molecule has 0 saturated carbocycles. The number of nitrogens with one attached hydrogen (secondary N) is 1. The fourth-order valence-corrected chi connectivity index (χ4v) is 3.41. The fourth-order valence-electron chi connectivity index (χ4n) is 2.87. The van der Waals surface area contributed by atoms with Gasteiger partial charge in [0, 0.05) is 24.7 Å². The highest BCUT2D eigenvalue weighted by Crippen LogP contribution is 2.25. The molecule has 3 rings (SSSR count). The van der Waals surface area contributed by atoms with E-state index in [1.54, 1.807) is 36.3 Å². The molecular formula is C18H19BrN2O4. The molecule has 6 nitrogen and oxygen atoms in total. The van der Waals surface area contributed by atoms with Crippen molar-refractivity contribution in [2.45, 2.75) is 18.9 Å². The van der Waals surface area contributed by atoms with E-state index in [-0.39, 0.29) is 17.9 Å². The summed E-state index contributed by atoms with van der Waals surface area (Å²) in [5, 5.41) is 3.04. The van der Waals surface area contributed by atoms with Gasteiger partial charge in [0.2, 0.25) is 0 Å². The van der Waals surface area contributed by atoms with Crippen molar-refractivity contribution in [3.63, 3.8) is 0 Å². The Hall–Kier alpha value is -2.28. The SMILES string of the molecule is COc1ccc(C(=O)NC2CCN(C(=O)c3ccoc3)CC2)cc1Br. The highest BCUT2D eigenvalue weighted by molar-refractivity contribution is 9.10. The third-order valence-electron chi connectivity index (χ3n) is 4.30. The summed E-state index contributed by atoms with van der Waals surface area (Å²) in [5.41, 5.74) is 1.13. The van der Waals surface area contributed by atoms with Crippen LogP contribution in [0, 0.1) is 0 Å². The number of hydrogen-bond acceptors (Lipinski definition) is 4. The van der Waals surface area contributed by atoms with Gasteiger partial charge in [-0.05, 0) is 53.0 Å². The molecule has 132 valence electrons. The summed E-state index contributed by atoms with van der Waals surface area (Å²) in [7, 11) is 1.58. The highest BCUT2D eigenvalue weighted by atomic mass is 79.9. The quantitative estimate of drug-likeness (QED) is 0.846. The van der Waals surface area contributed by atoms with E-state index in [9.17, 15) is 9.59 Å². The number of benzene rings is 1. The molecule has 2 aromatic rings. The van der Waals surface area contributed by atoms with Crippen LogP contribution in [0.2, 0.25) is 0 Å². The van der Waals surface area contributed by atoms with Crippen molar-refractivity contribution in [2.75, 3.05) is 20.2 Å². The van der Waals surface area contributed by atoms with Crippen LogP contribution in [0.25, 0.3) is 0 Å². The zero-order valence-electron chi connectivity index (χ0n) is 13.8. The molecule has 0 bridgehead atoms. The van der Waals surface area contributed by atoms with Gasteiger partial charge in [0.05, 0.1) is 23.4 Å². The minimum Gasteiger partial charge on any atom is -0.496 e. The van der Waals surface area contributed by atoms with E-state index >= 15 is 0 Å². The monoisotopic (exact) mass is 406 g/mol. The van der Waals surface area contributed by atoms with E-state index in [0.29, 0.717) is 30.0 Å². The highest BCUT2D eigenvalue weighted by Gasteiger charge is 2.25. The van der Waals surface area contributed by atoms with Crippen LogP contribution >= 0.6 is 15.9 Å². The first-order valence-corrected chi connectivity index (χ1v) is 8.83. The molecule has 1 saturated heterocycles. The van der Waals surface area contributed by atoms with E-state index < -0.39 is 0 Å². The summed E-state index contributed by atoms with van der Waals surface area (Å²) in [6.45, 7) is 1.22. The molecule has 1 aliphatic rings. The Bertz CT molecular complexity index is 752. The molecule has 2 heterocycles. The Balaban J connectivity index is 1.54. The number of likely N-dealkylation sites (tertiary alicyclic amines) is 1. The standard InChI is InChI=1S/C18H19BrN2O4/c1-24-16-3-2-12(10-15(16)19)17(22)20-14-4-7-21(8-5-14)18(23)13-6-9-25-11-13/h2-3,6,9-11,14H,4-5,7-8H2,1H3,(H,20,22). The number of piperidine rings is 1. The predicted octanol–water partition coefficient (Wildman–Crippen LogP) is 3.09. The lowest BCUT2D eigenvalue weighted by atomic mass is 10.0. The fraction of sp³-hybridized carbons (Fsp3) is 0.333. The molecule has 0 radical (unpaired) electrons. The number of amides is 2. The molecule has 0 unspecified atom stereocenters. The minimum atomic E-state index is -0.122. The van der Waals surface area contributed by atoms with Crippen molar-refractivity contribution in [1.29, 1.82) is 0 Å². The third-order valence-corrected chi connectivity index (χ3v) is 4.92. The number of furan rings is 1. The molecule has 0 atom stereocenters. The number of ether oxygens (including phenoxy) is 1. The smallest absolute Gasteiger partial charge is 0.257 e. The summed E-state index contributed by atoms with van der Waals surface area (Å²) in [6, 6.07) is 6.95. The van der Waals surface area contributed by atoms with Crippen LogP contribution in [-0.2, 0) is 0 Å². The number of methoxy groups -OCH3 is 1. The second kappa shape index (κ2) is 7.74. The van der Waals surface area contributed by atoms with Gasteiger partial charge in [0.25, 0.3) is 11.8 Å². The number of hydrogen-bond donors (Lipinski definition) is 1. The number of nitrogens with zero attached hydrogens (tertiary/aromatic N) is 1. The van der Waals surface area contributed by atoms with Crippen molar-refractivity contribution in [3.05, 3.63) is 52.4 Å². The minimum absolute atomic E-state index is 0.0300. The summed E-state index contributed by atoms with van der Waals surface area (Å²) < 4.78 is 10.9. The lowest BCUT2D eigenvalue weighted by Crippen LogP contribution is -2.46. The van der Waals surface area contributed by atoms with Crippen molar-refractivity contribution >= 4 is 27.7 Å². The van der Waals surface area contributed by atoms with Crippen LogP contribution in [0.4, 0.5) is 0 Å². The summed E-state index contributed by atoms with van der Waals surface area (Å²) in [6.07, 6.45) is 4.41. The Morgan fingerprint density at radius 1 is 1.24 bits per heavy atom. The summed E-state index contributed by atoms with van der Waals surface area (Å²) in [5.74, 6) is 0.531. The van der Waals surface area contributed by atoms with Gasteiger partial charge in [0.15, 0.2) is 0 Å². The first kappa shape index (κ1) is 17.5. The van der Waals surface area contributed by atoms with Gasteiger partial charge in [-0.2, -0.15) is 0 Å². The van der Waals surface area contributed by atoms with Crippen LogP contribution in [0.5, 0.6) is 5.75 Å². The second-order valence-corrected chi connectivity index (χ2v) is 6.76. The topological polar surface area (TPSA) is 71.8 Å². The van der Waals surface area contributed by atoms with Crippen LogP contribution in [-0.4, -0.2) is 43.0 Å². The van der Waals surface area contributed by atoms with Gasteiger partial charge in [0.1, 0.15) is 12.0 Å². The van der Waals surface area contributed by atoms with E-state index in [1.807, 2.05) is 0 Å². The largest absolute Gasteiger partial charge is 0.496 e. The zero-order valence-corrected chi connectivity index (χ0v) is 15.4. The number of halogens is 1. The average Bonchev–Trinajstić information content (AvgIpc) is 3.16. The van der Waals surface area contributed by atoms with Crippen molar-refractivity contribution in [2.24, 2.45) is 0 Å². The van der Waals surface area contributed by atoms with Gasteiger partial charge in [-0.25, -0.2) is 0 Å². The first-order chi connectivity index (χ1) is 12.1. The average molecular weight is 407 g/mol. The molecule has 1 fully saturated rings. The van der Waals surface area contributed by atoms with Crippen LogP contribution in [0.1, 0.15) is 33.6 Å². The van der Waals surface area contributed by atoms with Crippen LogP contribution in [0.15, 0.2) is 45.7 Å². The lowest BCUT2D eigenvalue weighted by molar-refractivity contribution is 0.0697. The number of rotatable bonds is 4. The van der Waals surface area contributed by atoms with Gasteiger partial charge < -0.3 is 19.4 Å². The predicted molar refractivity (Wildman–Crippen MR) is 95.8 cm³/mol.